The Bertz CT molecular complexity index is 27.0. The average Bonchev–Trinajstić information content (AvgIpc) is 1.36. The highest BCUT2D eigenvalue weighted by molar-refractivity contribution is 8.00. The molecule has 0 fully saturated rings. The Labute approximate surface area is 54.9 Å². The van der Waals surface area contributed by atoms with Crippen molar-refractivity contribution in [2.24, 2.45) is 0 Å². The molecule has 1 unspecified atom stereocenters. The topological polar surface area (TPSA) is 0 Å². The largest absolute Gasteiger partial charge is 0.174 e. The van der Waals surface area contributed by atoms with Gasteiger partial charge >= 0.3 is 0 Å². The van der Waals surface area contributed by atoms with Crippen molar-refractivity contribution in [2.75, 3.05) is 0 Å². The van der Waals surface area contributed by atoms with Crippen LogP contribution in [0.25, 0.3) is 0 Å². The molecule has 0 amide bonds. The number of hydrogen-bond acceptors (Lipinski definition) is 3. The molecule has 1 atom stereocenters. The van der Waals surface area contributed by atoms with Gasteiger partial charge < -0.3 is 0 Å². The van der Waals surface area contributed by atoms with Crippen LogP contribution in [0.3, 0.4) is 0 Å². The molecule has 0 aromatic rings. The average molecular weight is 140 g/mol. The molecule has 0 aromatic carbocycles. The van der Waals surface area contributed by atoms with Crippen LogP contribution in [0.15, 0.2) is 0 Å². The Morgan fingerprint density at radius 2 is 1.33 bits per heavy atom. The third kappa shape index (κ3) is 3.25. The number of thiol groups is 3. The highest BCUT2D eigenvalue weighted by Gasteiger charge is 1.98. The van der Waals surface area contributed by atoms with Gasteiger partial charge in [-0.05, 0) is 0 Å². The second-order valence-corrected chi connectivity index (χ2v) is 3.49. The van der Waals surface area contributed by atoms with Gasteiger partial charge in [0.05, 0.1) is 4.58 Å². The van der Waals surface area contributed by atoms with Crippen molar-refractivity contribution in [1.29, 1.82) is 0 Å². The van der Waals surface area contributed by atoms with E-state index in [1.807, 2.05) is 6.92 Å². The second kappa shape index (κ2) is 3.10. The lowest BCUT2D eigenvalue weighted by molar-refractivity contribution is 1.10. The van der Waals surface area contributed by atoms with Gasteiger partial charge in [0.25, 0.3) is 0 Å². The van der Waals surface area contributed by atoms with Gasteiger partial charge in [-0.15, -0.1) is 0 Å². The van der Waals surface area contributed by atoms with Crippen molar-refractivity contribution in [2.45, 2.75) is 16.8 Å². The minimum absolute atomic E-state index is 0.105. The van der Waals surface area contributed by atoms with Crippen LogP contribution in [0, 0.1) is 0 Å². The zero-order valence-electron chi connectivity index (χ0n) is 3.50. The first kappa shape index (κ1) is 7.05. The molecule has 0 N–H and O–H groups in total. The Kier molecular flexibility index (Phi) is 3.65. The van der Waals surface area contributed by atoms with E-state index in [0.717, 1.165) is 0 Å². The third-order valence-corrected chi connectivity index (χ3v) is 2.09. The molecule has 0 aliphatic rings. The lowest BCUT2D eigenvalue weighted by Crippen LogP contribution is -2.00. The summed E-state index contributed by atoms with van der Waals surface area (Å²) < 4.78 is 0.105. The van der Waals surface area contributed by atoms with E-state index >= 15 is 0 Å². The van der Waals surface area contributed by atoms with Gasteiger partial charge in [-0.1, -0.05) is 6.92 Å². The Morgan fingerprint density at radius 3 is 1.33 bits per heavy atom. The van der Waals surface area contributed by atoms with Crippen molar-refractivity contribution >= 4 is 37.9 Å². The first-order valence-corrected chi connectivity index (χ1v) is 3.23. The van der Waals surface area contributed by atoms with Gasteiger partial charge in [0.1, 0.15) is 0 Å². The van der Waals surface area contributed by atoms with Crippen molar-refractivity contribution in [1.82, 2.24) is 0 Å². The Morgan fingerprint density at radius 1 is 1.17 bits per heavy atom. The number of rotatable bonds is 1. The predicted molar refractivity (Wildman–Crippen MR) is 40.2 cm³/mol. The van der Waals surface area contributed by atoms with Crippen LogP contribution >= 0.6 is 37.9 Å². The van der Waals surface area contributed by atoms with E-state index in [2.05, 4.69) is 37.9 Å². The first-order valence-electron chi connectivity index (χ1n) is 1.69. The Balaban J connectivity index is 2.99. The normalized spacial score (nSPS) is 15.5. The standard InChI is InChI=1S/C3H8S3/c1-2(4)3(5)6/h2-6H,1H3. The van der Waals surface area contributed by atoms with Crippen LogP contribution in [-0.2, 0) is 0 Å². The highest BCUT2D eigenvalue weighted by atomic mass is 32.2. The molecule has 0 aliphatic carbocycles. The van der Waals surface area contributed by atoms with Gasteiger partial charge in [-0.25, -0.2) is 0 Å². The molecule has 0 saturated heterocycles. The molecule has 0 bridgehead atoms. The summed E-state index contributed by atoms with van der Waals surface area (Å²) in [4.78, 5) is 0. The minimum Gasteiger partial charge on any atom is -0.174 e. The summed E-state index contributed by atoms with van der Waals surface area (Å²) in [5, 5.41) is 0.275. The summed E-state index contributed by atoms with van der Waals surface area (Å²) in [6.45, 7) is 1.95. The van der Waals surface area contributed by atoms with E-state index in [-0.39, 0.29) is 9.83 Å². The van der Waals surface area contributed by atoms with Crippen molar-refractivity contribution < 1.29 is 0 Å². The van der Waals surface area contributed by atoms with Gasteiger partial charge in [-0.2, -0.15) is 37.9 Å². The second-order valence-electron chi connectivity index (χ2n) is 1.15. The van der Waals surface area contributed by atoms with E-state index in [0.29, 0.717) is 0 Å². The van der Waals surface area contributed by atoms with Crippen LogP contribution in [0.5, 0.6) is 0 Å². The fourth-order valence-electron chi connectivity index (χ4n) is 0. The zero-order chi connectivity index (χ0) is 5.15. The van der Waals surface area contributed by atoms with Crippen molar-refractivity contribution in [3.8, 4) is 0 Å². The molecule has 38 valence electrons. The monoisotopic (exact) mass is 140 g/mol. The maximum Gasteiger partial charge on any atom is 0.0555 e. The molecule has 3 heteroatoms. The smallest absolute Gasteiger partial charge is 0.0555 e. The van der Waals surface area contributed by atoms with E-state index in [1.54, 1.807) is 0 Å². The fourth-order valence-corrected chi connectivity index (χ4v) is 0. The number of hydrogen-bond donors (Lipinski definition) is 3. The van der Waals surface area contributed by atoms with Crippen LogP contribution in [0.2, 0.25) is 0 Å². The van der Waals surface area contributed by atoms with Crippen molar-refractivity contribution in [3.63, 3.8) is 0 Å². The van der Waals surface area contributed by atoms with Crippen molar-refractivity contribution in [3.05, 3.63) is 0 Å². The summed E-state index contributed by atoms with van der Waals surface area (Å²) in [5.41, 5.74) is 0. The summed E-state index contributed by atoms with van der Waals surface area (Å²) in [5.74, 6) is 0. The summed E-state index contributed by atoms with van der Waals surface area (Å²) in [7, 11) is 0. The van der Waals surface area contributed by atoms with E-state index in [1.165, 1.54) is 0 Å². The third-order valence-electron chi connectivity index (χ3n) is 0.431. The lowest BCUT2D eigenvalue weighted by atomic mass is 10.6. The van der Waals surface area contributed by atoms with Crippen LogP contribution < -0.4 is 0 Å². The van der Waals surface area contributed by atoms with Crippen LogP contribution in [0.1, 0.15) is 6.92 Å². The quantitative estimate of drug-likeness (QED) is 0.357. The molecule has 0 rings (SSSR count). The predicted octanol–water partition coefficient (Wildman–Crippen LogP) is 1.49. The molecule has 0 aliphatic heterocycles. The highest BCUT2D eigenvalue weighted by Crippen LogP contribution is 2.10. The minimum atomic E-state index is 0.105. The molecule has 0 heterocycles. The van der Waals surface area contributed by atoms with Gasteiger partial charge in [0.2, 0.25) is 0 Å². The molecule has 0 spiro atoms. The zero-order valence-corrected chi connectivity index (χ0v) is 6.18. The van der Waals surface area contributed by atoms with E-state index < -0.39 is 0 Å². The molecule has 6 heavy (non-hydrogen) atoms. The fraction of sp³-hybridized carbons (Fsp3) is 1.00. The van der Waals surface area contributed by atoms with E-state index in [9.17, 15) is 0 Å². The molecule has 0 aromatic heterocycles. The van der Waals surface area contributed by atoms with Gasteiger partial charge in [0.15, 0.2) is 0 Å². The summed E-state index contributed by atoms with van der Waals surface area (Å²) >= 11 is 12.0. The summed E-state index contributed by atoms with van der Waals surface area (Å²) in [6.07, 6.45) is 0. The molecule has 0 nitrogen and oxygen atoms in total. The molecular formula is C3H8S3. The van der Waals surface area contributed by atoms with Crippen LogP contribution in [-0.4, -0.2) is 9.83 Å². The lowest BCUT2D eigenvalue weighted by Gasteiger charge is -2.02. The molecule has 0 radical (unpaired) electrons. The summed E-state index contributed by atoms with van der Waals surface area (Å²) in [6, 6.07) is 0. The van der Waals surface area contributed by atoms with Gasteiger partial charge in [-0.3, -0.25) is 0 Å². The maximum atomic E-state index is 4.04. The van der Waals surface area contributed by atoms with Crippen LogP contribution in [0.4, 0.5) is 0 Å². The maximum absolute atomic E-state index is 4.04. The SMILES string of the molecule is CC(S)C(S)S. The van der Waals surface area contributed by atoms with E-state index in [4.69, 9.17) is 0 Å². The van der Waals surface area contributed by atoms with Gasteiger partial charge in [0, 0.05) is 5.25 Å². The molecule has 0 saturated carbocycles. The molecular weight excluding hydrogens is 132 g/mol. The Hall–Kier alpha value is 1.05. The first-order chi connectivity index (χ1) is 2.64.